The van der Waals surface area contributed by atoms with Gasteiger partial charge < -0.3 is 5.73 Å². The Labute approximate surface area is 89.6 Å². The van der Waals surface area contributed by atoms with E-state index < -0.39 is 0 Å². The van der Waals surface area contributed by atoms with Gasteiger partial charge in [0.05, 0.1) is 0 Å². The van der Waals surface area contributed by atoms with Crippen LogP contribution >= 0.6 is 24.8 Å². The molecule has 0 fully saturated rings. The van der Waals surface area contributed by atoms with Gasteiger partial charge in [0.2, 0.25) is 5.91 Å². The summed E-state index contributed by atoms with van der Waals surface area (Å²) in [5.41, 5.74) is 6.03. The van der Waals surface area contributed by atoms with Crippen molar-refractivity contribution >= 4 is 30.7 Å². The molecule has 0 unspecified atom stereocenters. The fraction of sp³-hybridized carbons (Fsp3) is 0.250. The highest BCUT2D eigenvalue weighted by atomic mass is 35.5. The van der Waals surface area contributed by atoms with Crippen LogP contribution < -0.4 is 5.73 Å². The molecule has 2 N–H and O–H groups in total. The number of aryl methyl sites for hydroxylation is 1. The molecule has 5 heteroatoms. The van der Waals surface area contributed by atoms with Crippen molar-refractivity contribution in [2.45, 2.75) is 12.8 Å². The molecule has 0 aliphatic rings. The second-order valence-electron chi connectivity index (χ2n) is 2.33. The number of halogens is 2. The van der Waals surface area contributed by atoms with E-state index >= 15 is 0 Å². The summed E-state index contributed by atoms with van der Waals surface area (Å²) in [5, 5.41) is 0. The van der Waals surface area contributed by atoms with Crippen molar-refractivity contribution in [2.75, 3.05) is 0 Å². The summed E-state index contributed by atoms with van der Waals surface area (Å²) in [6.07, 6.45) is 4.52. The van der Waals surface area contributed by atoms with Crippen molar-refractivity contribution in [3.63, 3.8) is 0 Å². The van der Waals surface area contributed by atoms with Gasteiger partial charge >= 0.3 is 0 Å². The molecular weight excluding hydrogens is 211 g/mol. The first-order valence-electron chi connectivity index (χ1n) is 3.46. The summed E-state index contributed by atoms with van der Waals surface area (Å²) in [4.78, 5) is 14.3. The molecule has 0 atom stereocenters. The first-order valence-corrected chi connectivity index (χ1v) is 3.46. The van der Waals surface area contributed by atoms with Crippen LogP contribution in [-0.4, -0.2) is 10.9 Å². The van der Waals surface area contributed by atoms with E-state index in [4.69, 9.17) is 5.73 Å². The number of primary amides is 1. The van der Waals surface area contributed by atoms with Gasteiger partial charge in [0.15, 0.2) is 0 Å². The van der Waals surface area contributed by atoms with Gasteiger partial charge in [-0.15, -0.1) is 24.8 Å². The Morgan fingerprint density at radius 3 is 2.62 bits per heavy atom. The Hall–Kier alpha value is -0.800. The predicted octanol–water partition coefficient (Wildman–Crippen LogP) is 1.34. The first-order chi connectivity index (χ1) is 5.29. The normalized spacial score (nSPS) is 8.00. The maximum absolute atomic E-state index is 10.4. The van der Waals surface area contributed by atoms with Gasteiger partial charge in [-0.05, 0) is 18.1 Å². The topological polar surface area (TPSA) is 56.0 Å². The van der Waals surface area contributed by atoms with Crippen LogP contribution in [0.5, 0.6) is 0 Å². The van der Waals surface area contributed by atoms with Gasteiger partial charge in [-0.2, -0.15) is 0 Å². The van der Waals surface area contributed by atoms with Crippen LogP contribution in [0, 0.1) is 0 Å². The van der Waals surface area contributed by atoms with E-state index in [0.717, 1.165) is 5.56 Å². The number of pyridine rings is 1. The third-order valence-electron chi connectivity index (χ3n) is 1.38. The highest BCUT2D eigenvalue weighted by Crippen LogP contribution is 1.98. The van der Waals surface area contributed by atoms with Crippen LogP contribution in [0.4, 0.5) is 0 Å². The average molecular weight is 223 g/mol. The second-order valence-corrected chi connectivity index (χ2v) is 2.33. The molecule has 0 aromatic carbocycles. The summed E-state index contributed by atoms with van der Waals surface area (Å²) in [5.74, 6) is -0.270. The zero-order valence-electron chi connectivity index (χ0n) is 6.97. The van der Waals surface area contributed by atoms with E-state index in [9.17, 15) is 4.79 Å². The minimum absolute atomic E-state index is 0. The van der Waals surface area contributed by atoms with Gasteiger partial charge in [-0.25, -0.2) is 0 Å². The van der Waals surface area contributed by atoms with Crippen molar-refractivity contribution in [3.05, 3.63) is 30.1 Å². The van der Waals surface area contributed by atoms with Gasteiger partial charge in [0.1, 0.15) is 0 Å². The molecular formula is C8H12Cl2N2O. The Morgan fingerprint density at radius 2 is 2.15 bits per heavy atom. The molecule has 1 aromatic rings. The Balaban J connectivity index is 0. The number of carbonyl (C=O) groups is 1. The number of hydrogen-bond acceptors (Lipinski definition) is 2. The van der Waals surface area contributed by atoms with E-state index in [0.29, 0.717) is 12.8 Å². The Morgan fingerprint density at radius 1 is 1.46 bits per heavy atom. The summed E-state index contributed by atoms with van der Waals surface area (Å²) in [7, 11) is 0. The average Bonchev–Trinajstić information content (AvgIpc) is 2.03. The standard InChI is InChI=1S/C8H10N2O.2ClH/c9-8(11)4-3-7-2-1-5-10-6-7;;/h1-2,5-6H,3-4H2,(H2,9,11);2*1H. The van der Waals surface area contributed by atoms with Crippen LogP contribution in [0.1, 0.15) is 12.0 Å². The summed E-state index contributed by atoms with van der Waals surface area (Å²) >= 11 is 0. The molecule has 0 saturated heterocycles. The highest BCUT2D eigenvalue weighted by molar-refractivity contribution is 5.85. The number of hydrogen-bond donors (Lipinski definition) is 1. The number of nitrogens with zero attached hydrogens (tertiary/aromatic N) is 1. The first kappa shape index (κ1) is 14.7. The third kappa shape index (κ3) is 6.37. The van der Waals surface area contributed by atoms with Gasteiger partial charge in [-0.1, -0.05) is 6.07 Å². The lowest BCUT2D eigenvalue weighted by atomic mass is 10.1. The highest BCUT2D eigenvalue weighted by Gasteiger charge is 1.95. The molecule has 0 saturated carbocycles. The monoisotopic (exact) mass is 222 g/mol. The van der Waals surface area contributed by atoms with Crippen molar-refractivity contribution in [2.24, 2.45) is 5.73 Å². The van der Waals surface area contributed by atoms with Crippen LogP contribution in [0.3, 0.4) is 0 Å². The van der Waals surface area contributed by atoms with Crippen molar-refractivity contribution < 1.29 is 4.79 Å². The SMILES string of the molecule is Cl.Cl.NC(=O)CCc1cccnc1. The molecule has 0 radical (unpaired) electrons. The molecule has 0 spiro atoms. The summed E-state index contributed by atoms with van der Waals surface area (Å²) in [6, 6.07) is 3.77. The fourth-order valence-electron chi connectivity index (χ4n) is 0.814. The number of aromatic nitrogens is 1. The molecule has 1 amide bonds. The number of carbonyl (C=O) groups excluding carboxylic acids is 1. The fourth-order valence-corrected chi connectivity index (χ4v) is 0.814. The third-order valence-corrected chi connectivity index (χ3v) is 1.38. The summed E-state index contributed by atoms with van der Waals surface area (Å²) < 4.78 is 0. The zero-order valence-corrected chi connectivity index (χ0v) is 8.61. The Bertz CT molecular complexity index is 241. The lowest BCUT2D eigenvalue weighted by Crippen LogP contribution is -2.11. The molecule has 3 nitrogen and oxygen atoms in total. The quantitative estimate of drug-likeness (QED) is 0.840. The van der Waals surface area contributed by atoms with Gasteiger partial charge in [-0.3, -0.25) is 9.78 Å². The Kier molecular flexibility index (Phi) is 8.86. The van der Waals surface area contributed by atoms with Crippen LogP contribution in [0.15, 0.2) is 24.5 Å². The molecule has 13 heavy (non-hydrogen) atoms. The molecule has 1 heterocycles. The number of amides is 1. The predicted molar refractivity (Wildman–Crippen MR) is 56.2 cm³/mol. The van der Waals surface area contributed by atoms with Crippen molar-refractivity contribution in [3.8, 4) is 0 Å². The smallest absolute Gasteiger partial charge is 0.217 e. The van der Waals surface area contributed by atoms with E-state index in [1.807, 2.05) is 12.1 Å². The van der Waals surface area contributed by atoms with Crippen LogP contribution in [0.2, 0.25) is 0 Å². The minimum atomic E-state index is -0.270. The molecule has 0 aliphatic heterocycles. The molecule has 1 rings (SSSR count). The van der Waals surface area contributed by atoms with Crippen LogP contribution in [0.25, 0.3) is 0 Å². The zero-order chi connectivity index (χ0) is 8.10. The number of nitrogens with two attached hydrogens (primary N) is 1. The van der Waals surface area contributed by atoms with E-state index in [1.165, 1.54) is 0 Å². The minimum Gasteiger partial charge on any atom is -0.370 e. The maximum atomic E-state index is 10.4. The van der Waals surface area contributed by atoms with Crippen LogP contribution in [-0.2, 0) is 11.2 Å². The maximum Gasteiger partial charge on any atom is 0.217 e. The van der Waals surface area contributed by atoms with E-state index in [2.05, 4.69) is 4.98 Å². The van der Waals surface area contributed by atoms with Gasteiger partial charge in [0, 0.05) is 18.8 Å². The van der Waals surface area contributed by atoms with E-state index in [-0.39, 0.29) is 30.7 Å². The molecule has 74 valence electrons. The second kappa shape index (κ2) is 7.83. The largest absolute Gasteiger partial charge is 0.370 e. The van der Waals surface area contributed by atoms with Gasteiger partial charge in [0.25, 0.3) is 0 Å². The number of rotatable bonds is 3. The lowest BCUT2D eigenvalue weighted by Gasteiger charge is -1.95. The molecule has 0 aliphatic carbocycles. The lowest BCUT2D eigenvalue weighted by molar-refractivity contribution is -0.117. The summed E-state index contributed by atoms with van der Waals surface area (Å²) in [6.45, 7) is 0. The molecule has 0 bridgehead atoms. The van der Waals surface area contributed by atoms with Crippen molar-refractivity contribution in [1.82, 2.24) is 4.98 Å². The van der Waals surface area contributed by atoms with E-state index in [1.54, 1.807) is 12.4 Å². The molecule has 1 aromatic heterocycles. The van der Waals surface area contributed by atoms with Crippen molar-refractivity contribution in [1.29, 1.82) is 0 Å².